The van der Waals surface area contributed by atoms with E-state index in [-0.39, 0.29) is 12.2 Å². The number of hydrogen-bond donors (Lipinski definition) is 0. The van der Waals surface area contributed by atoms with E-state index < -0.39 is 0 Å². The first-order valence-electron chi connectivity index (χ1n) is 9.65. The molecule has 2 aromatic carbocycles. The van der Waals surface area contributed by atoms with Crippen LogP contribution in [0.1, 0.15) is 19.5 Å². The molecule has 1 aromatic heterocycles. The van der Waals surface area contributed by atoms with Crippen molar-refractivity contribution in [3.8, 4) is 11.6 Å². The molecule has 142 valence electrons. The summed E-state index contributed by atoms with van der Waals surface area (Å²) in [5.74, 6) is 0.676. The van der Waals surface area contributed by atoms with E-state index in [1.807, 2.05) is 10.7 Å². The van der Waals surface area contributed by atoms with Gasteiger partial charge < -0.3 is 9.47 Å². The molecule has 1 fully saturated rings. The molecule has 1 aliphatic heterocycles. The Hall–Kier alpha value is -2.37. The SMILES string of the molecule is Cc1cc(OCCN2C[C@@H](C)O[C@@H](C)C2)nn1-c1ccc2ccccc2c1. The molecule has 1 aliphatic rings. The normalized spacial score (nSPS) is 20.9. The first-order valence-corrected chi connectivity index (χ1v) is 9.65. The number of aromatic nitrogens is 2. The van der Waals surface area contributed by atoms with Gasteiger partial charge in [0.15, 0.2) is 0 Å². The first kappa shape index (κ1) is 18.0. The second kappa shape index (κ2) is 7.71. The summed E-state index contributed by atoms with van der Waals surface area (Å²) in [6.07, 6.45) is 0.561. The molecule has 5 heteroatoms. The Morgan fingerprint density at radius 3 is 2.56 bits per heavy atom. The molecule has 27 heavy (non-hydrogen) atoms. The summed E-state index contributed by atoms with van der Waals surface area (Å²) in [5.41, 5.74) is 2.12. The summed E-state index contributed by atoms with van der Waals surface area (Å²) in [5, 5.41) is 7.09. The highest BCUT2D eigenvalue weighted by Gasteiger charge is 2.21. The minimum absolute atomic E-state index is 0.281. The first-order chi connectivity index (χ1) is 13.1. The monoisotopic (exact) mass is 365 g/mol. The molecule has 5 nitrogen and oxygen atoms in total. The van der Waals surface area contributed by atoms with E-state index in [4.69, 9.17) is 9.47 Å². The summed E-state index contributed by atoms with van der Waals surface area (Å²) < 4.78 is 13.7. The topological polar surface area (TPSA) is 39.5 Å². The molecule has 0 bridgehead atoms. The van der Waals surface area contributed by atoms with E-state index in [0.29, 0.717) is 12.5 Å². The van der Waals surface area contributed by atoms with Gasteiger partial charge in [0.25, 0.3) is 0 Å². The Balaban J connectivity index is 1.42. The Labute approximate surface area is 160 Å². The third-order valence-electron chi connectivity index (χ3n) is 5.00. The van der Waals surface area contributed by atoms with Gasteiger partial charge in [0.05, 0.1) is 17.9 Å². The van der Waals surface area contributed by atoms with Crippen molar-refractivity contribution in [2.75, 3.05) is 26.2 Å². The van der Waals surface area contributed by atoms with Crippen LogP contribution in [0.25, 0.3) is 16.5 Å². The quantitative estimate of drug-likeness (QED) is 0.689. The molecule has 0 N–H and O–H groups in total. The van der Waals surface area contributed by atoms with E-state index in [0.717, 1.165) is 31.0 Å². The van der Waals surface area contributed by atoms with Crippen molar-refractivity contribution in [1.29, 1.82) is 0 Å². The molecule has 1 saturated heterocycles. The second-order valence-corrected chi connectivity index (χ2v) is 7.43. The summed E-state index contributed by atoms with van der Waals surface area (Å²) in [7, 11) is 0. The number of fused-ring (bicyclic) bond motifs is 1. The highest BCUT2D eigenvalue weighted by molar-refractivity contribution is 5.84. The Bertz CT molecular complexity index is 911. The Morgan fingerprint density at radius 2 is 1.78 bits per heavy atom. The zero-order valence-corrected chi connectivity index (χ0v) is 16.3. The van der Waals surface area contributed by atoms with Gasteiger partial charge in [-0.3, -0.25) is 4.90 Å². The van der Waals surface area contributed by atoms with Crippen molar-refractivity contribution in [3.05, 3.63) is 54.2 Å². The van der Waals surface area contributed by atoms with Gasteiger partial charge in [0.1, 0.15) is 6.61 Å². The van der Waals surface area contributed by atoms with Gasteiger partial charge in [-0.05, 0) is 43.7 Å². The predicted molar refractivity (Wildman–Crippen MR) is 108 cm³/mol. The number of nitrogens with zero attached hydrogens (tertiary/aromatic N) is 3. The van der Waals surface area contributed by atoms with Crippen LogP contribution < -0.4 is 4.74 Å². The van der Waals surface area contributed by atoms with Crippen LogP contribution in [-0.4, -0.2) is 53.1 Å². The highest BCUT2D eigenvalue weighted by atomic mass is 16.5. The molecule has 0 spiro atoms. The van der Waals surface area contributed by atoms with Gasteiger partial charge in [0.2, 0.25) is 5.88 Å². The summed E-state index contributed by atoms with van der Waals surface area (Å²) in [4.78, 5) is 2.39. The van der Waals surface area contributed by atoms with Crippen LogP contribution in [0.2, 0.25) is 0 Å². The minimum Gasteiger partial charge on any atom is -0.475 e. The van der Waals surface area contributed by atoms with E-state index in [9.17, 15) is 0 Å². The van der Waals surface area contributed by atoms with Crippen molar-refractivity contribution >= 4 is 10.8 Å². The van der Waals surface area contributed by atoms with Crippen LogP contribution in [0.3, 0.4) is 0 Å². The summed E-state index contributed by atoms with van der Waals surface area (Å²) >= 11 is 0. The number of hydrogen-bond acceptors (Lipinski definition) is 4. The number of benzene rings is 2. The average Bonchev–Trinajstić information content (AvgIpc) is 3.01. The molecule has 3 aromatic rings. The maximum atomic E-state index is 5.94. The minimum atomic E-state index is 0.281. The lowest BCUT2D eigenvalue weighted by Crippen LogP contribution is -2.46. The third-order valence-corrected chi connectivity index (χ3v) is 5.00. The lowest BCUT2D eigenvalue weighted by molar-refractivity contribution is -0.0700. The Morgan fingerprint density at radius 1 is 1.04 bits per heavy atom. The van der Waals surface area contributed by atoms with Crippen molar-refractivity contribution in [1.82, 2.24) is 14.7 Å². The van der Waals surface area contributed by atoms with E-state index in [2.05, 4.69) is 73.2 Å². The van der Waals surface area contributed by atoms with Gasteiger partial charge in [0, 0.05) is 31.4 Å². The number of aryl methyl sites for hydroxylation is 1. The molecule has 2 heterocycles. The number of ether oxygens (including phenoxy) is 2. The Kier molecular flexibility index (Phi) is 5.14. The van der Waals surface area contributed by atoms with Crippen LogP contribution in [0, 0.1) is 6.92 Å². The molecular formula is C22H27N3O2. The van der Waals surface area contributed by atoms with Gasteiger partial charge in [-0.1, -0.05) is 30.3 Å². The van der Waals surface area contributed by atoms with Gasteiger partial charge in [-0.15, -0.1) is 5.10 Å². The fourth-order valence-electron chi connectivity index (χ4n) is 3.83. The maximum Gasteiger partial charge on any atom is 0.233 e. The van der Waals surface area contributed by atoms with E-state index >= 15 is 0 Å². The molecule has 0 aliphatic carbocycles. The smallest absolute Gasteiger partial charge is 0.233 e. The van der Waals surface area contributed by atoms with Gasteiger partial charge in [-0.2, -0.15) is 0 Å². The van der Waals surface area contributed by atoms with Gasteiger partial charge in [-0.25, -0.2) is 4.68 Å². The van der Waals surface area contributed by atoms with E-state index in [1.165, 1.54) is 10.8 Å². The lowest BCUT2D eigenvalue weighted by Gasteiger charge is -2.35. The zero-order valence-electron chi connectivity index (χ0n) is 16.3. The highest BCUT2D eigenvalue weighted by Crippen LogP contribution is 2.21. The molecule has 0 unspecified atom stereocenters. The number of morpholine rings is 1. The molecule has 0 saturated carbocycles. The molecule has 0 radical (unpaired) electrons. The van der Waals surface area contributed by atoms with Crippen LogP contribution in [0.5, 0.6) is 5.88 Å². The largest absolute Gasteiger partial charge is 0.475 e. The fourth-order valence-corrected chi connectivity index (χ4v) is 3.83. The fraction of sp³-hybridized carbons (Fsp3) is 0.409. The third kappa shape index (κ3) is 4.15. The van der Waals surface area contributed by atoms with Gasteiger partial charge >= 0.3 is 0 Å². The van der Waals surface area contributed by atoms with Crippen LogP contribution in [0.15, 0.2) is 48.5 Å². The van der Waals surface area contributed by atoms with Crippen molar-refractivity contribution in [2.24, 2.45) is 0 Å². The van der Waals surface area contributed by atoms with Crippen LogP contribution in [0.4, 0.5) is 0 Å². The predicted octanol–water partition coefficient (Wildman–Crippen LogP) is 3.82. The molecule has 0 amide bonds. The standard InChI is InChI=1S/C22H27N3O2/c1-16-12-22(26-11-10-24-14-17(2)27-18(3)15-24)23-25(16)21-9-8-19-6-4-5-7-20(19)13-21/h4-9,12-13,17-18H,10-11,14-15H2,1-3H3/t17-,18+. The van der Waals surface area contributed by atoms with Crippen molar-refractivity contribution < 1.29 is 9.47 Å². The maximum absolute atomic E-state index is 5.94. The summed E-state index contributed by atoms with van der Waals surface area (Å²) in [6.45, 7) is 9.74. The lowest BCUT2D eigenvalue weighted by atomic mass is 10.1. The van der Waals surface area contributed by atoms with Crippen molar-refractivity contribution in [3.63, 3.8) is 0 Å². The van der Waals surface area contributed by atoms with Crippen molar-refractivity contribution in [2.45, 2.75) is 33.0 Å². The number of rotatable bonds is 5. The molecule has 2 atom stereocenters. The second-order valence-electron chi connectivity index (χ2n) is 7.43. The zero-order chi connectivity index (χ0) is 18.8. The average molecular weight is 365 g/mol. The van der Waals surface area contributed by atoms with Crippen LogP contribution in [-0.2, 0) is 4.74 Å². The molecule has 4 rings (SSSR count). The van der Waals surface area contributed by atoms with Crippen LogP contribution >= 0.6 is 0 Å². The summed E-state index contributed by atoms with van der Waals surface area (Å²) in [6, 6.07) is 16.8. The molecular weight excluding hydrogens is 338 g/mol. The van der Waals surface area contributed by atoms with E-state index in [1.54, 1.807) is 0 Å².